The highest BCUT2D eigenvalue weighted by Gasteiger charge is 2.53. The van der Waals surface area contributed by atoms with Gasteiger partial charge in [-0.25, -0.2) is 0 Å². The Bertz CT molecular complexity index is 859. The molecule has 27 heavy (non-hydrogen) atoms. The molecule has 5 heteroatoms. The number of hydrogen-bond donors (Lipinski definition) is 1. The van der Waals surface area contributed by atoms with Crippen LogP contribution in [0.4, 0.5) is 0 Å². The van der Waals surface area contributed by atoms with Gasteiger partial charge < -0.3 is 14.5 Å². The normalized spacial score (nSPS) is 28.3. The number of esters is 1. The summed E-state index contributed by atoms with van der Waals surface area (Å²) in [6.45, 7) is 6.36. The van der Waals surface area contributed by atoms with E-state index in [2.05, 4.69) is 35.9 Å². The summed E-state index contributed by atoms with van der Waals surface area (Å²) in [6, 6.07) is 6.27. The molecular weight excluding hydrogens is 340 g/mol. The molecule has 1 unspecified atom stereocenters. The van der Waals surface area contributed by atoms with Crippen LogP contribution >= 0.6 is 0 Å². The second kappa shape index (κ2) is 6.86. The lowest BCUT2D eigenvalue weighted by Crippen LogP contribution is -2.59. The van der Waals surface area contributed by atoms with Crippen LogP contribution in [0.5, 0.6) is 5.75 Å². The first-order valence-corrected chi connectivity index (χ1v) is 10.1. The highest BCUT2D eigenvalue weighted by atomic mass is 16.5. The maximum atomic E-state index is 13.2. The van der Waals surface area contributed by atoms with Gasteiger partial charge in [-0.15, -0.1) is 0 Å². The number of nitrogens with zero attached hydrogens (tertiary/aromatic N) is 1. The third-order valence-electron chi connectivity index (χ3n) is 6.87. The number of ether oxygens (including phenoxy) is 2. The van der Waals surface area contributed by atoms with Crippen molar-refractivity contribution in [1.29, 1.82) is 0 Å². The molecule has 146 valence electrons. The molecule has 1 saturated heterocycles. The van der Waals surface area contributed by atoms with E-state index in [1.807, 2.05) is 6.07 Å². The summed E-state index contributed by atoms with van der Waals surface area (Å²) in [5, 5.41) is 1.16. The molecule has 1 aromatic heterocycles. The number of methoxy groups -OCH3 is 2. The first-order chi connectivity index (χ1) is 13.0. The van der Waals surface area contributed by atoms with E-state index in [0.717, 1.165) is 48.3 Å². The molecule has 0 bridgehead atoms. The predicted molar refractivity (Wildman–Crippen MR) is 106 cm³/mol. The van der Waals surface area contributed by atoms with E-state index in [0.29, 0.717) is 5.92 Å². The predicted octanol–water partition coefficient (Wildman–Crippen LogP) is 3.65. The van der Waals surface area contributed by atoms with E-state index in [9.17, 15) is 4.79 Å². The molecule has 0 aliphatic carbocycles. The van der Waals surface area contributed by atoms with Gasteiger partial charge in [-0.2, -0.15) is 0 Å². The first kappa shape index (κ1) is 18.4. The van der Waals surface area contributed by atoms with E-state index in [1.54, 1.807) is 7.11 Å². The molecule has 2 aliphatic rings. The van der Waals surface area contributed by atoms with E-state index in [-0.39, 0.29) is 12.0 Å². The Morgan fingerprint density at radius 1 is 1.33 bits per heavy atom. The van der Waals surface area contributed by atoms with Gasteiger partial charge >= 0.3 is 5.97 Å². The Morgan fingerprint density at radius 2 is 2.15 bits per heavy atom. The lowest BCUT2D eigenvalue weighted by molar-refractivity contribution is -0.152. The third kappa shape index (κ3) is 2.66. The largest absolute Gasteiger partial charge is 0.497 e. The molecule has 1 aromatic carbocycles. The quantitative estimate of drug-likeness (QED) is 0.838. The average molecular weight is 370 g/mol. The van der Waals surface area contributed by atoms with Crippen LogP contribution in [0.15, 0.2) is 18.2 Å². The van der Waals surface area contributed by atoms with Crippen molar-refractivity contribution in [3.63, 3.8) is 0 Å². The molecule has 0 spiro atoms. The summed E-state index contributed by atoms with van der Waals surface area (Å²) in [7, 11) is 3.20. The number of rotatable bonds is 3. The number of H-pyrrole nitrogens is 1. The van der Waals surface area contributed by atoms with Crippen molar-refractivity contribution in [2.45, 2.75) is 51.0 Å². The van der Waals surface area contributed by atoms with Crippen molar-refractivity contribution >= 4 is 16.9 Å². The smallest absolute Gasteiger partial charge is 0.319 e. The highest BCUT2D eigenvalue weighted by molar-refractivity contribution is 5.91. The molecule has 3 heterocycles. The number of carbonyl (C=O) groups excluding carboxylic acids is 1. The second-order valence-corrected chi connectivity index (χ2v) is 8.13. The Morgan fingerprint density at radius 3 is 2.85 bits per heavy atom. The number of aromatic amines is 1. The van der Waals surface area contributed by atoms with Crippen molar-refractivity contribution in [1.82, 2.24) is 9.88 Å². The topological polar surface area (TPSA) is 54.6 Å². The molecule has 0 radical (unpaired) electrons. The molecule has 0 amide bonds. The summed E-state index contributed by atoms with van der Waals surface area (Å²) >= 11 is 0. The van der Waals surface area contributed by atoms with Crippen LogP contribution in [0.25, 0.3) is 10.9 Å². The summed E-state index contributed by atoms with van der Waals surface area (Å²) in [4.78, 5) is 19.4. The van der Waals surface area contributed by atoms with Crippen molar-refractivity contribution in [2.75, 3.05) is 27.3 Å². The Kier molecular flexibility index (Phi) is 4.66. The highest BCUT2D eigenvalue weighted by Crippen LogP contribution is 2.46. The molecule has 2 aromatic rings. The second-order valence-electron chi connectivity index (χ2n) is 8.13. The zero-order valence-electron chi connectivity index (χ0n) is 16.8. The third-order valence-corrected chi connectivity index (χ3v) is 6.87. The van der Waals surface area contributed by atoms with Gasteiger partial charge in [0.05, 0.1) is 14.2 Å². The van der Waals surface area contributed by atoms with Crippen molar-refractivity contribution in [2.24, 2.45) is 5.92 Å². The Labute approximate surface area is 161 Å². The fourth-order valence-electron chi connectivity index (χ4n) is 5.56. The average Bonchev–Trinajstić information content (AvgIpc) is 3.02. The number of fused-ring (bicyclic) bond motifs is 4. The summed E-state index contributed by atoms with van der Waals surface area (Å²) < 4.78 is 10.8. The van der Waals surface area contributed by atoms with Crippen LogP contribution in [-0.4, -0.2) is 49.2 Å². The van der Waals surface area contributed by atoms with Gasteiger partial charge in [-0.3, -0.25) is 9.69 Å². The number of benzene rings is 1. The molecule has 3 atom stereocenters. The molecule has 4 rings (SSSR count). The van der Waals surface area contributed by atoms with Crippen LogP contribution in [0.2, 0.25) is 0 Å². The van der Waals surface area contributed by atoms with Crippen LogP contribution in [0.1, 0.15) is 44.4 Å². The number of hydrogen-bond acceptors (Lipinski definition) is 4. The lowest BCUT2D eigenvalue weighted by atomic mass is 9.69. The van der Waals surface area contributed by atoms with Crippen molar-refractivity contribution in [3.05, 3.63) is 29.5 Å². The zero-order valence-corrected chi connectivity index (χ0v) is 16.8. The van der Waals surface area contributed by atoms with Crippen molar-refractivity contribution in [3.8, 4) is 5.75 Å². The van der Waals surface area contributed by atoms with E-state index in [4.69, 9.17) is 9.47 Å². The number of carbonyl (C=O) groups is 1. The SMILES string of the molecule is CC[C@H]1CCCN2CCc3c([nH]c4ccc(OC)cc34)[C@@](C)(C(=O)OC)C12. The fraction of sp³-hybridized carbons (Fsp3) is 0.591. The Hall–Kier alpha value is -2.01. The van der Waals surface area contributed by atoms with Crippen molar-refractivity contribution < 1.29 is 14.3 Å². The number of nitrogens with one attached hydrogen (secondary N) is 1. The van der Waals surface area contributed by atoms with Crippen LogP contribution in [-0.2, 0) is 21.4 Å². The summed E-state index contributed by atoms with van der Waals surface area (Å²) in [5.74, 6) is 1.20. The molecule has 1 fully saturated rings. The monoisotopic (exact) mass is 370 g/mol. The first-order valence-electron chi connectivity index (χ1n) is 10.1. The van der Waals surface area contributed by atoms with Gasteiger partial charge in [0, 0.05) is 29.2 Å². The minimum atomic E-state index is -0.700. The standard InChI is InChI=1S/C22H30N2O3/c1-5-14-7-6-11-24-12-10-16-17-13-15(26-3)8-9-18(17)23-19(16)22(2,20(14)24)21(25)27-4/h8-9,13-14,20,23H,5-7,10-12H2,1-4H3/t14-,20?,22+/m0/s1. The molecule has 0 saturated carbocycles. The minimum Gasteiger partial charge on any atom is -0.497 e. The van der Waals surface area contributed by atoms with Gasteiger partial charge in [0.2, 0.25) is 0 Å². The zero-order chi connectivity index (χ0) is 19.2. The fourth-order valence-corrected chi connectivity index (χ4v) is 5.56. The van der Waals surface area contributed by atoms with E-state index >= 15 is 0 Å². The summed E-state index contributed by atoms with van der Waals surface area (Å²) in [6.07, 6.45) is 4.39. The summed E-state index contributed by atoms with van der Waals surface area (Å²) in [5.41, 5.74) is 2.63. The lowest BCUT2D eigenvalue weighted by Gasteiger charge is -2.47. The molecular formula is C22H30N2O3. The van der Waals surface area contributed by atoms with Gasteiger partial charge in [-0.1, -0.05) is 13.3 Å². The van der Waals surface area contributed by atoms with E-state index in [1.165, 1.54) is 25.5 Å². The maximum Gasteiger partial charge on any atom is 0.319 e. The Balaban J connectivity index is 1.96. The van der Waals surface area contributed by atoms with Crippen LogP contribution in [0.3, 0.4) is 0 Å². The molecule has 2 aliphatic heterocycles. The van der Waals surface area contributed by atoms with E-state index < -0.39 is 5.41 Å². The van der Waals surface area contributed by atoms with Crippen LogP contribution in [0, 0.1) is 5.92 Å². The van der Waals surface area contributed by atoms with Gasteiger partial charge in [0.1, 0.15) is 11.2 Å². The van der Waals surface area contributed by atoms with Gasteiger partial charge in [0.25, 0.3) is 0 Å². The minimum absolute atomic E-state index is 0.139. The molecule has 1 N–H and O–H groups in total. The number of piperidine rings is 1. The molecule has 5 nitrogen and oxygen atoms in total. The van der Waals surface area contributed by atoms with Crippen LogP contribution < -0.4 is 4.74 Å². The van der Waals surface area contributed by atoms with Gasteiger partial charge in [0.15, 0.2) is 0 Å². The number of aromatic nitrogens is 1. The van der Waals surface area contributed by atoms with Gasteiger partial charge in [-0.05, 0) is 62.4 Å². The maximum absolute atomic E-state index is 13.2.